The van der Waals surface area contributed by atoms with Crippen molar-refractivity contribution in [2.45, 2.75) is 93.5 Å². The molecular formula is C26H40O12. The lowest BCUT2D eigenvalue weighted by atomic mass is 9.35. The van der Waals surface area contributed by atoms with Crippen LogP contribution < -0.4 is 0 Å². The summed E-state index contributed by atoms with van der Waals surface area (Å²) in [6, 6.07) is 0. The molecule has 216 valence electrons. The number of fused-ring (bicyclic) bond motifs is 2. The average molecular weight is 545 g/mol. The Balaban J connectivity index is 1.37. The summed E-state index contributed by atoms with van der Waals surface area (Å²) in [5.41, 5.74) is -3.10. The van der Waals surface area contributed by atoms with Crippen LogP contribution in [-0.2, 0) is 14.2 Å². The molecule has 3 heterocycles. The molecule has 4 aliphatic carbocycles. The summed E-state index contributed by atoms with van der Waals surface area (Å²) in [5, 5.41) is 98.4. The normalized spacial score (nSPS) is 61.5. The third-order valence-electron chi connectivity index (χ3n) is 11.5. The second-order valence-electron chi connectivity index (χ2n) is 12.9. The highest BCUT2D eigenvalue weighted by atomic mass is 16.7. The molecule has 12 nitrogen and oxygen atoms in total. The molecule has 12 heteroatoms. The molecule has 7 rings (SSSR count). The Morgan fingerprint density at radius 2 is 1.71 bits per heavy atom. The molecule has 0 amide bonds. The molecule has 7 aliphatic rings. The van der Waals surface area contributed by atoms with Gasteiger partial charge in [0.15, 0.2) is 6.29 Å². The highest BCUT2D eigenvalue weighted by Crippen LogP contribution is 2.77. The first-order chi connectivity index (χ1) is 17.8. The standard InChI is InChI=1S/C26H40O12/c1-10-11-3-4-13-24-9-37-26(35,25(13,6-11)20(10)33)21(34)19(24)23(2,14(28)5-15(24)29)8-36-22-18(32)17(31)16(30)12(7-27)38-22/h11-22,27-35H,1,3-9H2,2H3/t11-,12-,13+,14+,15-,16-,17+,18-,19-,20-,21+,22-,23-,24-,25+,26-/m1/s1. The zero-order valence-electron chi connectivity index (χ0n) is 21.3. The van der Waals surface area contributed by atoms with E-state index in [1.165, 1.54) is 0 Å². The van der Waals surface area contributed by atoms with Gasteiger partial charge in [-0.2, -0.15) is 0 Å². The molecule has 0 aromatic rings. The number of hydrogen-bond acceptors (Lipinski definition) is 12. The summed E-state index contributed by atoms with van der Waals surface area (Å²) in [6.07, 6.45) is -11.0. The van der Waals surface area contributed by atoms with Gasteiger partial charge in [-0.3, -0.25) is 0 Å². The first-order valence-electron chi connectivity index (χ1n) is 13.5. The van der Waals surface area contributed by atoms with Crippen LogP contribution in [0.2, 0.25) is 0 Å². The third kappa shape index (κ3) is 3.01. The van der Waals surface area contributed by atoms with E-state index >= 15 is 0 Å². The van der Waals surface area contributed by atoms with E-state index in [1.807, 2.05) is 0 Å². The molecule has 9 N–H and O–H groups in total. The van der Waals surface area contributed by atoms with Crippen LogP contribution in [0.4, 0.5) is 0 Å². The third-order valence-corrected chi connectivity index (χ3v) is 11.5. The van der Waals surface area contributed by atoms with Crippen molar-refractivity contribution in [2.75, 3.05) is 19.8 Å². The van der Waals surface area contributed by atoms with Gasteiger partial charge in [0.25, 0.3) is 0 Å². The van der Waals surface area contributed by atoms with Crippen molar-refractivity contribution in [1.29, 1.82) is 0 Å². The average Bonchev–Trinajstić information content (AvgIpc) is 3.08. The van der Waals surface area contributed by atoms with E-state index in [4.69, 9.17) is 14.2 Å². The first-order valence-corrected chi connectivity index (χ1v) is 13.5. The lowest BCUT2D eigenvalue weighted by molar-refractivity contribution is -0.473. The van der Waals surface area contributed by atoms with Crippen molar-refractivity contribution in [3.05, 3.63) is 12.2 Å². The summed E-state index contributed by atoms with van der Waals surface area (Å²) >= 11 is 0. The van der Waals surface area contributed by atoms with Crippen LogP contribution in [-0.4, -0.2) is 127 Å². The number of ether oxygens (including phenoxy) is 3. The highest BCUT2D eigenvalue weighted by Gasteiger charge is 2.85. The van der Waals surface area contributed by atoms with Gasteiger partial charge in [-0.15, -0.1) is 0 Å². The predicted molar refractivity (Wildman–Crippen MR) is 126 cm³/mol. The van der Waals surface area contributed by atoms with E-state index in [-0.39, 0.29) is 25.6 Å². The number of rotatable bonds is 4. The molecule has 4 saturated carbocycles. The minimum Gasteiger partial charge on any atom is -0.394 e. The quantitative estimate of drug-likeness (QED) is 0.162. The summed E-state index contributed by atoms with van der Waals surface area (Å²) in [7, 11) is 0. The van der Waals surface area contributed by atoms with Crippen LogP contribution in [0, 0.1) is 34.0 Å². The van der Waals surface area contributed by atoms with E-state index in [2.05, 4.69) is 6.58 Å². The lowest BCUT2D eigenvalue weighted by Gasteiger charge is -2.75. The van der Waals surface area contributed by atoms with E-state index in [0.717, 1.165) is 0 Å². The van der Waals surface area contributed by atoms with Crippen LogP contribution in [0.15, 0.2) is 12.2 Å². The van der Waals surface area contributed by atoms with Crippen molar-refractivity contribution in [3.8, 4) is 0 Å². The SMILES string of the molecule is C=C1[C@@H]2CC[C@H]3[C@@]45CO[C@](O)([C@@H](O)[C@@H]4[C@](C)(CO[C@@H]4O[C@H](CO)[C@@H](O)[C@H](O)[C@H]4O)[C@@H](O)C[C@H]5O)[C@]3(C2)[C@@H]1O. The fourth-order valence-electron chi connectivity index (χ4n) is 9.52. The molecule has 0 aromatic carbocycles. The smallest absolute Gasteiger partial charge is 0.201 e. The minimum absolute atomic E-state index is 0.0393. The molecule has 3 saturated heterocycles. The Labute approximate surface area is 220 Å². The summed E-state index contributed by atoms with van der Waals surface area (Å²) in [4.78, 5) is 0. The first kappa shape index (κ1) is 27.4. The number of aliphatic hydroxyl groups is 9. The van der Waals surface area contributed by atoms with Gasteiger partial charge in [0.1, 0.15) is 30.5 Å². The van der Waals surface area contributed by atoms with E-state index in [9.17, 15) is 46.0 Å². The molecule has 0 aromatic heterocycles. The fraction of sp³-hybridized carbons (Fsp3) is 0.923. The fourth-order valence-corrected chi connectivity index (χ4v) is 9.52. The predicted octanol–water partition coefficient (Wildman–Crippen LogP) is -3.04. The molecule has 7 fully saturated rings. The van der Waals surface area contributed by atoms with Crippen LogP contribution >= 0.6 is 0 Å². The Hall–Kier alpha value is -0.740. The van der Waals surface area contributed by atoms with Gasteiger partial charge in [-0.1, -0.05) is 13.5 Å². The summed E-state index contributed by atoms with van der Waals surface area (Å²) in [5.74, 6) is -3.59. The molecular weight excluding hydrogens is 504 g/mol. The zero-order valence-corrected chi connectivity index (χ0v) is 21.3. The van der Waals surface area contributed by atoms with Gasteiger partial charge in [0.2, 0.25) is 5.79 Å². The van der Waals surface area contributed by atoms with Crippen LogP contribution in [0.3, 0.4) is 0 Å². The van der Waals surface area contributed by atoms with Crippen molar-refractivity contribution in [2.24, 2.45) is 34.0 Å². The topological polar surface area (TPSA) is 210 Å². The maximum Gasteiger partial charge on any atom is 0.201 e. The van der Waals surface area contributed by atoms with E-state index < -0.39 is 95.6 Å². The van der Waals surface area contributed by atoms with Gasteiger partial charge in [0.05, 0.1) is 43.5 Å². The van der Waals surface area contributed by atoms with Crippen molar-refractivity contribution < 1.29 is 60.2 Å². The van der Waals surface area contributed by atoms with E-state index in [1.54, 1.807) is 6.92 Å². The van der Waals surface area contributed by atoms with Gasteiger partial charge >= 0.3 is 0 Å². The summed E-state index contributed by atoms with van der Waals surface area (Å²) < 4.78 is 17.3. The molecule has 0 radical (unpaired) electrons. The molecule has 2 spiro atoms. The Morgan fingerprint density at radius 3 is 2.39 bits per heavy atom. The molecule has 16 atom stereocenters. The van der Waals surface area contributed by atoms with Crippen molar-refractivity contribution in [1.82, 2.24) is 0 Å². The summed E-state index contributed by atoms with van der Waals surface area (Å²) in [6.45, 7) is 4.68. The Kier molecular flexibility index (Phi) is 6.23. The molecule has 4 bridgehead atoms. The maximum absolute atomic E-state index is 12.0. The largest absolute Gasteiger partial charge is 0.394 e. The Morgan fingerprint density at radius 1 is 1.00 bits per heavy atom. The second-order valence-corrected chi connectivity index (χ2v) is 12.9. The molecule has 3 aliphatic heterocycles. The van der Waals surface area contributed by atoms with Crippen molar-refractivity contribution in [3.63, 3.8) is 0 Å². The van der Waals surface area contributed by atoms with Gasteiger partial charge in [-0.05, 0) is 36.7 Å². The number of hydrogen-bond donors (Lipinski definition) is 9. The monoisotopic (exact) mass is 544 g/mol. The zero-order chi connectivity index (χ0) is 27.6. The maximum atomic E-state index is 12.0. The van der Waals surface area contributed by atoms with Crippen LogP contribution in [0.25, 0.3) is 0 Å². The van der Waals surface area contributed by atoms with Crippen molar-refractivity contribution >= 4 is 0 Å². The van der Waals surface area contributed by atoms with Gasteiger partial charge in [-0.25, -0.2) is 0 Å². The van der Waals surface area contributed by atoms with Crippen LogP contribution in [0.1, 0.15) is 32.6 Å². The molecule has 0 unspecified atom stereocenters. The van der Waals surface area contributed by atoms with E-state index in [0.29, 0.717) is 24.8 Å². The number of aliphatic hydroxyl groups excluding tert-OH is 8. The molecule has 38 heavy (non-hydrogen) atoms. The Bertz CT molecular complexity index is 978. The second kappa shape index (κ2) is 8.63. The van der Waals surface area contributed by atoms with Crippen LogP contribution in [0.5, 0.6) is 0 Å². The van der Waals surface area contributed by atoms with Gasteiger partial charge < -0.3 is 60.2 Å². The minimum atomic E-state index is -2.16. The lowest BCUT2D eigenvalue weighted by Crippen LogP contribution is -2.85. The highest BCUT2D eigenvalue weighted by molar-refractivity contribution is 5.35. The van der Waals surface area contributed by atoms with Gasteiger partial charge in [0, 0.05) is 23.2 Å².